The fourth-order valence-corrected chi connectivity index (χ4v) is 2.16. The zero-order valence-corrected chi connectivity index (χ0v) is 15.0. The largest absolute Gasteiger partial charge is 0.475 e. The Morgan fingerprint density at radius 1 is 1.15 bits per heavy atom. The minimum atomic E-state index is -0.224. The van der Waals surface area contributed by atoms with E-state index in [0.29, 0.717) is 43.3 Å². The van der Waals surface area contributed by atoms with Gasteiger partial charge in [0.1, 0.15) is 12.4 Å². The van der Waals surface area contributed by atoms with Gasteiger partial charge in [0.15, 0.2) is 0 Å². The Morgan fingerprint density at radius 3 is 2.69 bits per heavy atom. The maximum atomic E-state index is 12.3. The summed E-state index contributed by atoms with van der Waals surface area (Å²) in [5.41, 5.74) is 1.93. The van der Waals surface area contributed by atoms with Gasteiger partial charge in [-0.1, -0.05) is 13.0 Å². The number of carbonyl (C=O) groups is 2. The van der Waals surface area contributed by atoms with Crippen molar-refractivity contribution in [1.82, 2.24) is 15.3 Å². The van der Waals surface area contributed by atoms with Gasteiger partial charge >= 0.3 is 0 Å². The van der Waals surface area contributed by atoms with Crippen molar-refractivity contribution in [2.75, 3.05) is 20.3 Å². The molecule has 0 aliphatic heterocycles. The molecule has 2 aromatic rings. The van der Waals surface area contributed by atoms with Crippen molar-refractivity contribution in [1.29, 1.82) is 0 Å². The minimum absolute atomic E-state index is 0.0916. The predicted molar refractivity (Wildman–Crippen MR) is 96.0 cm³/mol. The molecule has 2 aromatic heterocycles. The highest BCUT2D eigenvalue weighted by Gasteiger charge is 2.09. The first kappa shape index (κ1) is 19.5. The standard InChI is InChI=1S/C19H23N3O4/c1-3-17(23)11-16-10-15(6-7-20-16)19(24)22-13-14-4-5-18(21-12-14)26-9-8-25-2/h4-7,10,12H,3,8-9,11,13H2,1-2H3,(H,22,24). The van der Waals surface area contributed by atoms with Crippen LogP contribution in [0, 0.1) is 0 Å². The van der Waals surface area contributed by atoms with Gasteiger partial charge in [-0.3, -0.25) is 14.6 Å². The topological polar surface area (TPSA) is 90.4 Å². The second kappa shape index (κ2) is 10.2. The van der Waals surface area contributed by atoms with Crippen LogP contribution in [0.3, 0.4) is 0 Å². The summed E-state index contributed by atoms with van der Waals surface area (Å²) >= 11 is 0. The Bertz CT molecular complexity index is 732. The molecule has 1 amide bonds. The Hall–Kier alpha value is -2.80. The summed E-state index contributed by atoms with van der Waals surface area (Å²) in [7, 11) is 1.61. The number of rotatable bonds is 10. The quantitative estimate of drug-likeness (QED) is 0.654. The molecule has 0 saturated carbocycles. The molecular formula is C19H23N3O4. The fourth-order valence-electron chi connectivity index (χ4n) is 2.16. The van der Waals surface area contributed by atoms with Gasteiger partial charge in [-0.2, -0.15) is 0 Å². The lowest BCUT2D eigenvalue weighted by Gasteiger charge is -2.08. The number of amides is 1. The first-order valence-electron chi connectivity index (χ1n) is 8.44. The number of nitrogens with zero attached hydrogens (tertiary/aromatic N) is 2. The van der Waals surface area contributed by atoms with Crippen molar-refractivity contribution in [3.8, 4) is 5.88 Å². The molecule has 7 nitrogen and oxygen atoms in total. The van der Waals surface area contributed by atoms with Gasteiger partial charge in [0.2, 0.25) is 5.88 Å². The third kappa shape index (κ3) is 6.25. The number of pyridine rings is 2. The summed E-state index contributed by atoms with van der Waals surface area (Å²) in [4.78, 5) is 32.1. The van der Waals surface area contributed by atoms with Crippen LogP contribution in [0.25, 0.3) is 0 Å². The number of ether oxygens (including phenoxy) is 2. The summed E-state index contributed by atoms with van der Waals surface area (Å²) in [5, 5.41) is 2.83. The molecule has 0 aliphatic carbocycles. The van der Waals surface area contributed by atoms with E-state index in [-0.39, 0.29) is 18.1 Å². The average Bonchev–Trinajstić information content (AvgIpc) is 2.67. The van der Waals surface area contributed by atoms with Crippen LogP contribution in [0.15, 0.2) is 36.7 Å². The van der Waals surface area contributed by atoms with Gasteiger partial charge in [-0.25, -0.2) is 4.98 Å². The molecule has 0 aromatic carbocycles. The molecule has 1 N–H and O–H groups in total. The number of nitrogens with one attached hydrogen (secondary N) is 1. The van der Waals surface area contributed by atoms with Crippen LogP contribution in [-0.4, -0.2) is 42.0 Å². The lowest BCUT2D eigenvalue weighted by Crippen LogP contribution is -2.23. The van der Waals surface area contributed by atoms with Gasteiger partial charge in [-0.05, 0) is 17.7 Å². The highest BCUT2D eigenvalue weighted by molar-refractivity contribution is 5.94. The lowest BCUT2D eigenvalue weighted by atomic mass is 10.1. The highest BCUT2D eigenvalue weighted by atomic mass is 16.5. The van der Waals surface area contributed by atoms with Crippen LogP contribution < -0.4 is 10.1 Å². The van der Waals surface area contributed by atoms with E-state index in [1.807, 2.05) is 6.07 Å². The van der Waals surface area contributed by atoms with E-state index in [1.54, 1.807) is 44.6 Å². The highest BCUT2D eigenvalue weighted by Crippen LogP contribution is 2.08. The smallest absolute Gasteiger partial charge is 0.251 e. The van der Waals surface area contributed by atoms with Crippen LogP contribution >= 0.6 is 0 Å². The van der Waals surface area contributed by atoms with Crippen LogP contribution in [-0.2, 0) is 22.5 Å². The number of hydrogen-bond acceptors (Lipinski definition) is 6. The lowest BCUT2D eigenvalue weighted by molar-refractivity contribution is -0.118. The van der Waals surface area contributed by atoms with Gasteiger partial charge < -0.3 is 14.8 Å². The van der Waals surface area contributed by atoms with E-state index >= 15 is 0 Å². The molecule has 0 fully saturated rings. The molecule has 0 radical (unpaired) electrons. The Kier molecular flexibility index (Phi) is 7.70. The zero-order valence-electron chi connectivity index (χ0n) is 15.0. The number of hydrogen-bond donors (Lipinski definition) is 1. The zero-order chi connectivity index (χ0) is 18.8. The molecule has 0 atom stereocenters. The van der Waals surface area contributed by atoms with E-state index in [0.717, 1.165) is 5.56 Å². The number of carbonyl (C=O) groups excluding carboxylic acids is 2. The van der Waals surface area contributed by atoms with E-state index in [2.05, 4.69) is 15.3 Å². The maximum absolute atomic E-state index is 12.3. The molecule has 138 valence electrons. The second-order valence-electron chi connectivity index (χ2n) is 5.63. The van der Waals surface area contributed by atoms with E-state index in [4.69, 9.17) is 9.47 Å². The van der Waals surface area contributed by atoms with Gasteiger partial charge in [0.25, 0.3) is 5.91 Å². The maximum Gasteiger partial charge on any atom is 0.251 e. The van der Waals surface area contributed by atoms with Crippen LogP contribution in [0.4, 0.5) is 0 Å². The van der Waals surface area contributed by atoms with Crippen LogP contribution in [0.5, 0.6) is 5.88 Å². The third-order valence-corrected chi connectivity index (χ3v) is 3.64. The van der Waals surface area contributed by atoms with Crippen molar-refractivity contribution in [2.45, 2.75) is 26.3 Å². The summed E-state index contributed by atoms with van der Waals surface area (Å²) < 4.78 is 10.3. The Balaban J connectivity index is 1.88. The number of Topliss-reactive ketones (excluding diaryl/α,β-unsaturated/α-hetero) is 1. The minimum Gasteiger partial charge on any atom is -0.475 e. The molecule has 0 aliphatic rings. The summed E-state index contributed by atoms with van der Waals surface area (Å²) in [5.74, 6) is 0.378. The normalized spacial score (nSPS) is 10.4. The van der Waals surface area contributed by atoms with Crippen molar-refractivity contribution >= 4 is 11.7 Å². The molecule has 0 spiro atoms. The van der Waals surface area contributed by atoms with Crippen molar-refractivity contribution in [3.05, 3.63) is 53.5 Å². The molecular weight excluding hydrogens is 334 g/mol. The number of ketones is 1. The average molecular weight is 357 g/mol. The number of methoxy groups -OCH3 is 1. The van der Waals surface area contributed by atoms with E-state index in [9.17, 15) is 9.59 Å². The SMILES string of the molecule is CCC(=O)Cc1cc(C(=O)NCc2ccc(OCCOC)nc2)ccn1. The molecule has 0 unspecified atom stereocenters. The first-order chi connectivity index (χ1) is 12.6. The van der Waals surface area contributed by atoms with Crippen LogP contribution in [0.1, 0.15) is 35.0 Å². The van der Waals surface area contributed by atoms with Crippen molar-refractivity contribution in [3.63, 3.8) is 0 Å². The van der Waals surface area contributed by atoms with Gasteiger partial charge in [0.05, 0.1) is 6.61 Å². The number of aromatic nitrogens is 2. The molecule has 26 heavy (non-hydrogen) atoms. The van der Waals surface area contributed by atoms with Gasteiger partial charge in [-0.15, -0.1) is 0 Å². The van der Waals surface area contributed by atoms with E-state index in [1.165, 1.54) is 0 Å². The van der Waals surface area contributed by atoms with Crippen molar-refractivity contribution in [2.24, 2.45) is 0 Å². The monoisotopic (exact) mass is 357 g/mol. The molecule has 0 saturated heterocycles. The summed E-state index contributed by atoms with van der Waals surface area (Å²) in [6.45, 7) is 3.08. The fraction of sp³-hybridized carbons (Fsp3) is 0.368. The van der Waals surface area contributed by atoms with E-state index < -0.39 is 0 Å². The molecule has 7 heteroatoms. The Labute approximate surface area is 152 Å². The molecule has 2 heterocycles. The van der Waals surface area contributed by atoms with Crippen molar-refractivity contribution < 1.29 is 19.1 Å². The first-order valence-corrected chi connectivity index (χ1v) is 8.44. The second-order valence-corrected chi connectivity index (χ2v) is 5.63. The molecule has 0 bridgehead atoms. The van der Waals surface area contributed by atoms with Gasteiger partial charge in [0, 0.05) is 56.2 Å². The summed E-state index contributed by atoms with van der Waals surface area (Å²) in [6, 6.07) is 6.86. The predicted octanol–water partition coefficient (Wildman–Crippen LogP) is 1.95. The summed E-state index contributed by atoms with van der Waals surface area (Å²) in [6.07, 6.45) is 3.89. The van der Waals surface area contributed by atoms with Crippen LogP contribution in [0.2, 0.25) is 0 Å². The third-order valence-electron chi connectivity index (χ3n) is 3.64. The Morgan fingerprint density at radius 2 is 2.00 bits per heavy atom. The molecule has 2 rings (SSSR count).